The van der Waals surface area contributed by atoms with E-state index in [1.165, 1.54) is 11.3 Å². The van der Waals surface area contributed by atoms with E-state index < -0.39 is 11.6 Å². The molecule has 37 heavy (non-hydrogen) atoms. The van der Waals surface area contributed by atoms with E-state index in [0.717, 1.165) is 50.9 Å². The lowest BCUT2D eigenvalue weighted by Crippen LogP contribution is -2.50. The summed E-state index contributed by atoms with van der Waals surface area (Å²) in [5.74, 6) is 6.21. The number of nitrogens with one attached hydrogen (secondary N) is 1. The van der Waals surface area contributed by atoms with Crippen molar-refractivity contribution in [3.63, 3.8) is 0 Å². The summed E-state index contributed by atoms with van der Waals surface area (Å²) in [7, 11) is 1.74. The minimum Gasteiger partial charge on any atom is -0.378 e. The molecule has 2 amide bonds. The molecule has 1 aromatic heterocycles. The van der Waals surface area contributed by atoms with Gasteiger partial charge in [-0.25, -0.2) is 0 Å². The van der Waals surface area contributed by atoms with E-state index >= 15 is 0 Å². The predicted molar refractivity (Wildman–Crippen MR) is 150 cm³/mol. The fraction of sp³-hybridized carbons (Fsp3) is 0.429. The van der Waals surface area contributed by atoms with Crippen molar-refractivity contribution >= 4 is 51.3 Å². The van der Waals surface area contributed by atoms with Gasteiger partial charge in [0, 0.05) is 30.5 Å². The second-order valence-electron chi connectivity index (χ2n) is 9.82. The summed E-state index contributed by atoms with van der Waals surface area (Å²) in [4.78, 5) is 29.7. The first-order valence-electron chi connectivity index (χ1n) is 12.6. The van der Waals surface area contributed by atoms with Crippen molar-refractivity contribution < 1.29 is 14.7 Å². The quantitative estimate of drug-likeness (QED) is 0.578. The minimum absolute atomic E-state index is 0.171. The molecule has 0 bridgehead atoms. The third kappa shape index (κ3) is 5.66. The zero-order chi connectivity index (χ0) is 26.0. The average Bonchev–Trinajstić information content (AvgIpc) is 3.47. The third-order valence-electron chi connectivity index (χ3n) is 6.99. The lowest BCUT2D eigenvalue weighted by Gasteiger charge is -2.26. The van der Waals surface area contributed by atoms with Gasteiger partial charge in [-0.3, -0.25) is 9.59 Å². The molecule has 2 N–H and O–H groups in total. The predicted octanol–water partition coefficient (Wildman–Crippen LogP) is 4.10. The van der Waals surface area contributed by atoms with Crippen LogP contribution in [0.4, 0.5) is 5.00 Å². The Morgan fingerprint density at radius 2 is 1.97 bits per heavy atom. The molecule has 192 valence electrons. The molecule has 1 aromatic carbocycles. The summed E-state index contributed by atoms with van der Waals surface area (Å²) in [5, 5.41) is 22.8. The van der Waals surface area contributed by atoms with E-state index in [0.29, 0.717) is 37.1 Å². The molecule has 2 aliphatic heterocycles. The minimum atomic E-state index is -0.913. The van der Waals surface area contributed by atoms with Crippen LogP contribution in [0.3, 0.4) is 0 Å². The fourth-order valence-electron chi connectivity index (χ4n) is 4.79. The molecule has 0 unspecified atom stereocenters. The maximum atomic E-state index is 13.3. The zero-order valence-corrected chi connectivity index (χ0v) is 22.7. The molecule has 9 heteroatoms. The van der Waals surface area contributed by atoms with Gasteiger partial charge in [0.25, 0.3) is 11.8 Å². The largest absolute Gasteiger partial charge is 0.378 e. The molecule has 2 aromatic rings. The highest BCUT2D eigenvalue weighted by Gasteiger charge is 2.34. The van der Waals surface area contributed by atoms with E-state index in [4.69, 9.17) is 0 Å². The van der Waals surface area contributed by atoms with Crippen molar-refractivity contribution in [2.45, 2.75) is 68.4 Å². The van der Waals surface area contributed by atoms with Crippen molar-refractivity contribution in [3.8, 4) is 11.8 Å². The van der Waals surface area contributed by atoms with Crippen LogP contribution in [0, 0.1) is 18.8 Å². The second-order valence-corrected chi connectivity index (χ2v) is 11.8. The number of thioether (sulfide) groups is 1. The summed E-state index contributed by atoms with van der Waals surface area (Å²) in [5.41, 5.74) is 2.39. The van der Waals surface area contributed by atoms with Crippen LogP contribution in [0.2, 0.25) is 0 Å². The monoisotopic (exact) mass is 534 g/mol. The number of aliphatic hydroxyl groups is 1. The number of nitrogens with zero attached hydrogens (tertiary/aromatic N) is 3. The molecule has 0 saturated heterocycles. The van der Waals surface area contributed by atoms with Gasteiger partial charge in [-0.15, -0.1) is 28.2 Å². The summed E-state index contributed by atoms with van der Waals surface area (Å²) < 4.78 is 0. The molecule has 1 aliphatic carbocycles. The normalized spacial score (nSPS) is 20.8. The van der Waals surface area contributed by atoms with Gasteiger partial charge in [-0.05, 0) is 43.7 Å². The number of hydrogen-bond acceptors (Lipinski definition) is 7. The van der Waals surface area contributed by atoms with Crippen LogP contribution < -0.4 is 10.2 Å². The van der Waals surface area contributed by atoms with Gasteiger partial charge >= 0.3 is 0 Å². The van der Waals surface area contributed by atoms with Crippen molar-refractivity contribution in [1.82, 2.24) is 5.32 Å². The first kappa shape index (κ1) is 25.7. The Labute approximate surface area is 225 Å². The van der Waals surface area contributed by atoms with E-state index in [9.17, 15) is 14.7 Å². The number of rotatable bonds is 4. The first-order valence-corrected chi connectivity index (χ1v) is 14.4. The van der Waals surface area contributed by atoms with E-state index in [2.05, 4.69) is 27.4 Å². The van der Waals surface area contributed by atoms with Crippen LogP contribution in [0.5, 0.6) is 0 Å². The molecule has 0 spiro atoms. The number of carbonyl (C=O) groups is 2. The maximum Gasteiger partial charge on any atom is 0.268 e. The molecular formula is C28H30N4O3S2. The molecule has 1 atom stereocenters. The molecule has 1 saturated carbocycles. The Hall–Kier alpha value is -2.93. The van der Waals surface area contributed by atoms with Gasteiger partial charge in [-0.1, -0.05) is 48.6 Å². The number of carbonyl (C=O) groups excluding carboxylic acids is 2. The number of amides is 2. The third-order valence-corrected chi connectivity index (χ3v) is 9.69. The van der Waals surface area contributed by atoms with Crippen LogP contribution in [0.15, 0.2) is 45.4 Å². The topological polar surface area (TPSA) is 94.4 Å². The van der Waals surface area contributed by atoms with Crippen LogP contribution in [0.25, 0.3) is 0 Å². The molecule has 3 aliphatic rings. The molecule has 3 heterocycles. The zero-order valence-electron chi connectivity index (χ0n) is 21.0. The standard InChI is InChI=1S/C28H30N4O3S2/c1-18-23(11-14-28(35)12-7-4-8-13-28)37-27-24(18)36-17-22(26(34)32(27)2)29-25(33)21-16-20(30-31-21)15-19-9-5-3-6-10-19/h3,5-6,9-10,22,35H,4,7-8,12-13,15-17H2,1-2H3,(H,29,33)/t22-/m0/s1. The number of anilines is 1. The average molecular weight is 535 g/mol. The van der Waals surface area contributed by atoms with Gasteiger partial charge in [0.1, 0.15) is 22.4 Å². The van der Waals surface area contributed by atoms with Gasteiger partial charge < -0.3 is 15.3 Å². The lowest BCUT2D eigenvalue weighted by atomic mass is 9.85. The van der Waals surface area contributed by atoms with Crippen LogP contribution >= 0.6 is 23.1 Å². The highest BCUT2D eigenvalue weighted by atomic mass is 32.2. The lowest BCUT2D eigenvalue weighted by molar-refractivity contribution is -0.123. The summed E-state index contributed by atoms with van der Waals surface area (Å²) in [6.45, 7) is 2.01. The smallest absolute Gasteiger partial charge is 0.268 e. The molecule has 1 fully saturated rings. The van der Waals surface area contributed by atoms with Crippen LogP contribution in [0.1, 0.15) is 54.5 Å². The Morgan fingerprint density at radius 1 is 1.22 bits per heavy atom. The van der Waals surface area contributed by atoms with Crippen molar-refractivity contribution in [2.75, 3.05) is 17.7 Å². The number of hydrogen-bond donors (Lipinski definition) is 2. The molecule has 5 rings (SSSR count). The first-order chi connectivity index (χ1) is 17.8. The molecular weight excluding hydrogens is 504 g/mol. The number of fused-ring (bicyclic) bond motifs is 1. The SMILES string of the molecule is Cc1c(C#CC2(O)CCCCC2)sc2c1SC[C@H](NC(=O)C1=NN=C(Cc3ccccc3)C1)C(=O)N2C. The Kier molecular flexibility index (Phi) is 7.52. The van der Waals surface area contributed by atoms with Crippen LogP contribution in [-0.4, -0.2) is 52.8 Å². The second kappa shape index (κ2) is 10.8. The Bertz CT molecular complexity index is 1330. The van der Waals surface area contributed by atoms with E-state index in [1.807, 2.05) is 37.3 Å². The highest BCUT2D eigenvalue weighted by molar-refractivity contribution is 7.99. The summed E-state index contributed by atoms with van der Waals surface area (Å²) in [6, 6.07) is 9.29. The van der Waals surface area contributed by atoms with Crippen molar-refractivity contribution in [1.29, 1.82) is 0 Å². The van der Waals surface area contributed by atoms with Gasteiger partial charge in [0.05, 0.1) is 10.6 Å². The van der Waals surface area contributed by atoms with Crippen molar-refractivity contribution in [2.24, 2.45) is 10.2 Å². The number of benzene rings is 1. The number of likely N-dealkylation sites (N-methyl/N-ethyl adjacent to an activating group) is 1. The summed E-state index contributed by atoms with van der Waals surface area (Å²) in [6.07, 6.45) is 5.59. The van der Waals surface area contributed by atoms with Crippen molar-refractivity contribution in [3.05, 3.63) is 46.3 Å². The van der Waals surface area contributed by atoms with E-state index in [1.54, 1.807) is 23.7 Å². The fourth-order valence-corrected chi connectivity index (χ4v) is 7.32. The Balaban J connectivity index is 1.23. The van der Waals surface area contributed by atoms with Crippen LogP contribution in [-0.2, 0) is 16.0 Å². The highest BCUT2D eigenvalue weighted by Crippen LogP contribution is 2.44. The van der Waals surface area contributed by atoms with E-state index in [-0.39, 0.29) is 11.8 Å². The number of thiophene rings is 1. The summed E-state index contributed by atoms with van der Waals surface area (Å²) >= 11 is 3.02. The Morgan fingerprint density at radius 3 is 2.73 bits per heavy atom. The molecule has 7 nitrogen and oxygen atoms in total. The van der Waals surface area contributed by atoms with Gasteiger partial charge in [0.15, 0.2) is 0 Å². The maximum absolute atomic E-state index is 13.3. The van der Waals surface area contributed by atoms with Gasteiger partial charge in [-0.2, -0.15) is 5.10 Å². The molecule has 0 radical (unpaired) electrons. The van der Waals surface area contributed by atoms with Gasteiger partial charge in [0.2, 0.25) is 0 Å².